The van der Waals surface area contributed by atoms with Gasteiger partial charge in [-0.25, -0.2) is 0 Å². The van der Waals surface area contributed by atoms with Crippen LogP contribution in [0.5, 0.6) is 17.2 Å². The van der Waals surface area contributed by atoms with Crippen molar-refractivity contribution < 1.29 is 29.3 Å². The van der Waals surface area contributed by atoms with Crippen molar-refractivity contribution in [1.82, 2.24) is 0 Å². The van der Waals surface area contributed by atoms with Crippen molar-refractivity contribution in [3.8, 4) is 17.2 Å². The second-order valence-corrected chi connectivity index (χ2v) is 9.37. The number of aliphatic carboxylic acids is 1. The third-order valence-corrected chi connectivity index (χ3v) is 6.63. The third-order valence-electron chi connectivity index (χ3n) is 5.77. The molecule has 9 heteroatoms. The van der Waals surface area contributed by atoms with E-state index in [1.54, 1.807) is 54.6 Å². The van der Waals surface area contributed by atoms with Crippen molar-refractivity contribution in [2.75, 3.05) is 6.61 Å². The topological polar surface area (TPSA) is 93.1 Å². The van der Waals surface area contributed by atoms with Crippen LogP contribution in [0.25, 0.3) is 0 Å². The van der Waals surface area contributed by atoms with Crippen LogP contribution in [0.1, 0.15) is 52.8 Å². The summed E-state index contributed by atoms with van der Waals surface area (Å²) in [5.41, 5.74) is 1.51. The SMILES string of the molecule is O=C(CCC(O)c1ccc(Cl)cc1Cl)c1ccc(Oc2cc3c(cc2Cl)C(C(=O)O)CCO3)cc1. The largest absolute Gasteiger partial charge is 0.493 e. The fraction of sp³-hybridized carbons (Fsp3) is 0.231. The van der Waals surface area contributed by atoms with Gasteiger partial charge in [-0.15, -0.1) is 0 Å². The molecule has 1 heterocycles. The van der Waals surface area contributed by atoms with Gasteiger partial charge in [-0.3, -0.25) is 9.59 Å². The standard InChI is InChI=1S/C26H21Cl3O6/c27-15-3-6-18(20(28)11-15)23(31)8-7-22(30)14-1-4-16(5-2-14)35-25-13-24-19(12-21(25)29)17(26(32)33)9-10-34-24/h1-6,11-13,17,23,31H,7-10H2,(H,32,33). The minimum atomic E-state index is -0.927. The van der Waals surface area contributed by atoms with Crippen LogP contribution in [0.2, 0.25) is 15.1 Å². The van der Waals surface area contributed by atoms with Gasteiger partial charge >= 0.3 is 5.97 Å². The summed E-state index contributed by atoms with van der Waals surface area (Å²) in [4.78, 5) is 24.1. The highest BCUT2D eigenvalue weighted by atomic mass is 35.5. The first kappa shape index (κ1) is 25.3. The van der Waals surface area contributed by atoms with Gasteiger partial charge in [0.05, 0.1) is 23.7 Å². The highest BCUT2D eigenvalue weighted by molar-refractivity contribution is 6.35. The third kappa shape index (κ3) is 5.90. The maximum atomic E-state index is 12.6. The Kier molecular flexibility index (Phi) is 7.87. The van der Waals surface area contributed by atoms with Crippen LogP contribution in [-0.2, 0) is 4.79 Å². The molecule has 1 aliphatic heterocycles. The molecule has 0 radical (unpaired) electrons. The number of ether oxygens (including phenoxy) is 2. The molecule has 2 unspecified atom stereocenters. The molecule has 4 rings (SSSR count). The molecule has 35 heavy (non-hydrogen) atoms. The van der Waals surface area contributed by atoms with Gasteiger partial charge in [0.15, 0.2) is 5.78 Å². The lowest BCUT2D eigenvalue weighted by molar-refractivity contribution is -0.139. The number of Topliss-reactive ketones (excluding diaryl/α,β-unsaturated/α-hetero) is 1. The molecule has 182 valence electrons. The smallest absolute Gasteiger partial charge is 0.311 e. The van der Waals surface area contributed by atoms with E-state index >= 15 is 0 Å². The fourth-order valence-electron chi connectivity index (χ4n) is 3.90. The minimum Gasteiger partial charge on any atom is -0.493 e. The monoisotopic (exact) mass is 534 g/mol. The van der Waals surface area contributed by atoms with Crippen LogP contribution in [-0.4, -0.2) is 28.6 Å². The van der Waals surface area contributed by atoms with Crippen molar-refractivity contribution in [3.63, 3.8) is 0 Å². The maximum Gasteiger partial charge on any atom is 0.311 e. The van der Waals surface area contributed by atoms with Gasteiger partial charge in [0.25, 0.3) is 0 Å². The van der Waals surface area contributed by atoms with Crippen molar-refractivity contribution in [3.05, 3.63) is 86.4 Å². The number of carboxylic acids is 1. The molecular formula is C26H21Cl3O6. The first-order valence-corrected chi connectivity index (χ1v) is 12.0. The van der Waals surface area contributed by atoms with E-state index in [0.717, 1.165) is 0 Å². The highest BCUT2D eigenvalue weighted by Crippen LogP contribution is 2.42. The van der Waals surface area contributed by atoms with Gasteiger partial charge in [0.2, 0.25) is 0 Å². The van der Waals surface area contributed by atoms with Crippen LogP contribution < -0.4 is 9.47 Å². The number of benzene rings is 3. The maximum absolute atomic E-state index is 12.6. The van der Waals surface area contributed by atoms with E-state index < -0.39 is 18.0 Å². The molecule has 0 aromatic heterocycles. The minimum absolute atomic E-state index is 0.124. The number of carbonyl (C=O) groups excluding carboxylic acids is 1. The summed E-state index contributed by atoms with van der Waals surface area (Å²) in [5.74, 6) is -0.552. The van der Waals surface area contributed by atoms with E-state index in [0.29, 0.717) is 57.0 Å². The molecule has 3 aromatic carbocycles. The first-order chi connectivity index (χ1) is 16.7. The highest BCUT2D eigenvalue weighted by Gasteiger charge is 2.29. The van der Waals surface area contributed by atoms with Crippen LogP contribution in [0, 0.1) is 0 Å². The van der Waals surface area contributed by atoms with Gasteiger partial charge in [-0.2, -0.15) is 0 Å². The number of aliphatic hydroxyl groups is 1. The molecular weight excluding hydrogens is 515 g/mol. The molecule has 6 nitrogen and oxygen atoms in total. The van der Waals surface area contributed by atoms with E-state index in [1.165, 1.54) is 0 Å². The second-order valence-electron chi connectivity index (χ2n) is 8.12. The lowest BCUT2D eigenvalue weighted by atomic mass is 9.93. The normalized spacial score (nSPS) is 15.6. The Balaban J connectivity index is 1.40. The van der Waals surface area contributed by atoms with Crippen molar-refractivity contribution in [2.24, 2.45) is 0 Å². The number of carboxylic acid groups (broad SMARTS) is 1. The molecule has 0 bridgehead atoms. The van der Waals surface area contributed by atoms with E-state index in [1.807, 2.05) is 0 Å². The summed E-state index contributed by atoms with van der Waals surface area (Å²) in [6.07, 6.45) is -0.182. The van der Waals surface area contributed by atoms with Gasteiger partial charge < -0.3 is 19.7 Å². The fourth-order valence-corrected chi connectivity index (χ4v) is 4.64. The number of hydrogen-bond donors (Lipinski definition) is 2. The second kappa shape index (κ2) is 10.9. The van der Waals surface area contributed by atoms with E-state index in [9.17, 15) is 19.8 Å². The Morgan fingerprint density at radius 3 is 2.46 bits per heavy atom. The number of hydrogen-bond acceptors (Lipinski definition) is 5. The average Bonchev–Trinajstić information content (AvgIpc) is 2.82. The Hall–Kier alpha value is -2.77. The lowest BCUT2D eigenvalue weighted by Crippen LogP contribution is -2.20. The van der Waals surface area contributed by atoms with E-state index in [2.05, 4.69) is 0 Å². The zero-order chi connectivity index (χ0) is 25.1. The Bertz CT molecular complexity index is 1260. The van der Waals surface area contributed by atoms with Crippen molar-refractivity contribution in [1.29, 1.82) is 0 Å². The molecule has 3 aromatic rings. The molecule has 0 saturated carbocycles. The summed E-state index contributed by atoms with van der Waals surface area (Å²) < 4.78 is 11.4. The molecule has 0 aliphatic carbocycles. The van der Waals surface area contributed by atoms with Crippen molar-refractivity contribution in [2.45, 2.75) is 31.3 Å². The van der Waals surface area contributed by atoms with Crippen molar-refractivity contribution >= 4 is 46.6 Å². The first-order valence-electron chi connectivity index (χ1n) is 10.9. The van der Waals surface area contributed by atoms with E-state index in [4.69, 9.17) is 44.3 Å². The van der Waals surface area contributed by atoms with Gasteiger partial charge in [-0.05, 0) is 60.9 Å². The van der Waals surface area contributed by atoms with Gasteiger partial charge in [0, 0.05) is 33.7 Å². The number of carbonyl (C=O) groups is 2. The Labute approximate surface area is 217 Å². The molecule has 0 spiro atoms. The van der Waals surface area contributed by atoms with E-state index in [-0.39, 0.29) is 23.6 Å². The molecule has 0 fully saturated rings. The summed E-state index contributed by atoms with van der Waals surface area (Å²) >= 11 is 18.3. The summed E-state index contributed by atoms with van der Waals surface area (Å²) in [6.45, 7) is 0.292. The number of aliphatic hydroxyl groups excluding tert-OH is 1. The Morgan fingerprint density at radius 2 is 1.77 bits per heavy atom. The van der Waals surface area contributed by atoms with Gasteiger partial charge in [0.1, 0.15) is 17.2 Å². The summed E-state index contributed by atoms with van der Waals surface area (Å²) in [5, 5.41) is 20.9. The molecule has 2 atom stereocenters. The predicted octanol–water partition coefficient (Wildman–Crippen LogP) is 7.09. The number of ketones is 1. The summed E-state index contributed by atoms with van der Waals surface area (Å²) in [7, 11) is 0. The van der Waals surface area contributed by atoms with Crippen LogP contribution in [0.3, 0.4) is 0 Å². The lowest BCUT2D eigenvalue weighted by Gasteiger charge is -2.24. The van der Waals surface area contributed by atoms with Crippen LogP contribution in [0.15, 0.2) is 54.6 Å². The number of rotatable bonds is 8. The Morgan fingerprint density at radius 1 is 1.03 bits per heavy atom. The zero-order valence-corrected chi connectivity index (χ0v) is 20.6. The predicted molar refractivity (Wildman–Crippen MR) is 133 cm³/mol. The quantitative estimate of drug-likeness (QED) is 0.299. The average molecular weight is 536 g/mol. The van der Waals surface area contributed by atoms with Crippen LogP contribution in [0.4, 0.5) is 0 Å². The molecule has 0 saturated heterocycles. The number of fused-ring (bicyclic) bond motifs is 1. The van der Waals surface area contributed by atoms with Crippen LogP contribution >= 0.6 is 34.8 Å². The zero-order valence-electron chi connectivity index (χ0n) is 18.3. The number of halogens is 3. The molecule has 2 N–H and O–H groups in total. The molecule has 1 aliphatic rings. The summed E-state index contributed by atoms with van der Waals surface area (Å²) in [6, 6.07) is 14.5. The van der Waals surface area contributed by atoms with Gasteiger partial charge in [-0.1, -0.05) is 40.9 Å². The molecule has 0 amide bonds.